The number of aryl methyl sites for hydroxylation is 1. The molecule has 0 radical (unpaired) electrons. The third-order valence-corrected chi connectivity index (χ3v) is 6.89. The van der Waals surface area contributed by atoms with E-state index in [0.717, 1.165) is 13.0 Å². The van der Waals surface area contributed by atoms with Gasteiger partial charge in [0, 0.05) is 37.6 Å². The maximum Gasteiger partial charge on any atom is 0.290 e. The molecular weight excluding hydrogens is 464 g/mol. The number of nitrogens with one attached hydrogen (secondary N) is 1. The molecule has 3 aromatic heterocycles. The first kappa shape index (κ1) is 25.1. The third-order valence-electron chi connectivity index (χ3n) is 6.70. The van der Waals surface area contributed by atoms with Crippen molar-refractivity contribution in [3.8, 4) is 0 Å². The van der Waals surface area contributed by atoms with Crippen LogP contribution in [0.1, 0.15) is 48.9 Å². The Labute approximate surface area is 210 Å². The second-order valence-corrected chi connectivity index (χ2v) is 9.59. The monoisotopic (exact) mass is 496 g/mol. The van der Waals surface area contributed by atoms with E-state index in [9.17, 15) is 4.79 Å². The van der Waals surface area contributed by atoms with Crippen LogP contribution < -0.4 is 16.6 Å². The number of hydrogen-bond donors (Lipinski definition) is 2. The van der Waals surface area contributed by atoms with E-state index in [1.165, 1.54) is 47.7 Å². The van der Waals surface area contributed by atoms with Gasteiger partial charge in [0.2, 0.25) is 0 Å². The van der Waals surface area contributed by atoms with Gasteiger partial charge in [-0.25, -0.2) is 14.6 Å². The van der Waals surface area contributed by atoms with Gasteiger partial charge in [-0.15, -0.1) is 0 Å². The molecule has 5 rings (SSSR count). The Morgan fingerprint density at radius 1 is 0.943 bits per heavy atom. The molecule has 0 amide bonds. The average molecular weight is 497 g/mol. The maximum absolute atomic E-state index is 12.0. The fraction of sp³-hybridized carbons (Fsp3) is 0.440. The standard InChI is InChI=1S/C15H18ClN5O.C10H15N3/c1-20-7-3-4-12(20)10-5-6-14(17-9-10)18-11-8-13(16)19-21(2)15(11)22;1-13-6-2-3-9(13)8-4-5-10(11)12-7-8/h5-6,8-9,12H,3-4,7H2,1-2H3,(H,17,18);4-5,7,9H,2-3,6H2,1H3,(H2,11,12)/t12-;9-/m00/s1. The number of halogens is 1. The number of pyridine rings is 2. The first-order valence-electron chi connectivity index (χ1n) is 11.9. The quantitative estimate of drug-likeness (QED) is 0.562. The molecule has 3 aromatic rings. The summed E-state index contributed by atoms with van der Waals surface area (Å²) < 4.78 is 1.20. The maximum atomic E-state index is 12.0. The number of rotatable bonds is 4. The summed E-state index contributed by atoms with van der Waals surface area (Å²) in [5.41, 5.74) is 8.14. The molecule has 2 saturated heterocycles. The van der Waals surface area contributed by atoms with E-state index in [4.69, 9.17) is 17.3 Å². The number of aromatic nitrogens is 4. The highest BCUT2D eigenvalue weighted by atomic mass is 35.5. The van der Waals surface area contributed by atoms with Crippen LogP contribution in [0.15, 0.2) is 47.5 Å². The van der Waals surface area contributed by atoms with E-state index >= 15 is 0 Å². The Balaban J connectivity index is 0.000000189. The van der Waals surface area contributed by atoms with Crippen LogP contribution >= 0.6 is 11.6 Å². The molecule has 10 heteroatoms. The topological polar surface area (TPSA) is 105 Å². The predicted molar refractivity (Wildman–Crippen MR) is 140 cm³/mol. The van der Waals surface area contributed by atoms with Crippen LogP contribution in [0.3, 0.4) is 0 Å². The van der Waals surface area contributed by atoms with Gasteiger partial charge in [0.1, 0.15) is 17.3 Å². The van der Waals surface area contributed by atoms with Gasteiger partial charge in [0.15, 0.2) is 5.15 Å². The van der Waals surface area contributed by atoms with E-state index in [1.807, 2.05) is 24.5 Å². The number of nitrogen functional groups attached to an aromatic ring is 1. The highest BCUT2D eigenvalue weighted by Crippen LogP contribution is 2.31. The van der Waals surface area contributed by atoms with Crippen molar-refractivity contribution in [2.75, 3.05) is 38.2 Å². The number of nitrogens with two attached hydrogens (primary N) is 1. The lowest BCUT2D eigenvalue weighted by Gasteiger charge is -2.19. The molecule has 0 aliphatic carbocycles. The molecule has 186 valence electrons. The van der Waals surface area contributed by atoms with Crippen molar-refractivity contribution in [2.45, 2.75) is 37.8 Å². The fourth-order valence-electron chi connectivity index (χ4n) is 4.75. The van der Waals surface area contributed by atoms with Gasteiger partial charge in [0.05, 0.1) is 0 Å². The highest BCUT2D eigenvalue weighted by molar-refractivity contribution is 6.29. The Morgan fingerprint density at radius 3 is 2.03 bits per heavy atom. The number of hydrogen-bond acceptors (Lipinski definition) is 8. The van der Waals surface area contributed by atoms with Crippen LogP contribution in [0.25, 0.3) is 0 Å². The van der Waals surface area contributed by atoms with Crippen LogP contribution in [0.4, 0.5) is 17.3 Å². The molecule has 0 aromatic carbocycles. The molecule has 2 aliphatic heterocycles. The number of nitrogens with zero attached hydrogens (tertiary/aromatic N) is 6. The second-order valence-electron chi connectivity index (χ2n) is 9.20. The summed E-state index contributed by atoms with van der Waals surface area (Å²) in [7, 11) is 5.85. The summed E-state index contributed by atoms with van der Waals surface area (Å²) in [5, 5.41) is 7.11. The lowest BCUT2D eigenvalue weighted by molar-refractivity contribution is 0.317. The van der Waals surface area contributed by atoms with Gasteiger partial charge in [-0.3, -0.25) is 14.6 Å². The summed E-state index contributed by atoms with van der Waals surface area (Å²) in [4.78, 5) is 25.2. The van der Waals surface area contributed by atoms with E-state index in [-0.39, 0.29) is 10.7 Å². The van der Waals surface area contributed by atoms with Crippen LogP contribution in [-0.2, 0) is 7.05 Å². The van der Waals surface area contributed by atoms with Crippen molar-refractivity contribution >= 4 is 28.9 Å². The lowest BCUT2D eigenvalue weighted by Crippen LogP contribution is -2.22. The van der Waals surface area contributed by atoms with Crippen molar-refractivity contribution in [3.63, 3.8) is 0 Å². The molecular formula is C25H33ClN8O. The molecule has 2 fully saturated rings. The van der Waals surface area contributed by atoms with Crippen molar-refractivity contribution in [1.82, 2.24) is 29.5 Å². The molecule has 9 nitrogen and oxygen atoms in total. The Hall–Kier alpha value is -3.01. The fourth-order valence-corrected chi connectivity index (χ4v) is 4.98. The molecule has 5 heterocycles. The predicted octanol–water partition coefficient (Wildman–Crippen LogP) is 3.77. The summed E-state index contributed by atoms with van der Waals surface area (Å²) in [6.07, 6.45) is 8.65. The Morgan fingerprint density at radius 2 is 1.54 bits per heavy atom. The molecule has 2 aliphatic rings. The molecule has 0 unspecified atom stereocenters. The summed E-state index contributed by atoms with van der Waals surface area (Å²) in [5.74, 6) is 1.22. The average Bonchev–Trinajstić information content (AvgIpc) is 3.47. The second kappa shape index (κ2) is 11.2. The van der Waals surface area contributed by atoms with Crippen LogP contribution in [0.5, 0.6) is 0 Å². The van der Waals surface area contributed by atoms with Gasteiger partial charge in [0.25, 0.3) is 5.56 Å². The van der Waals surface area contributed by atoms with Crippen molar-refractivity contribution in [1.29, 1.82) is 0 Å². The van der Waals surface area contributed by atoms with E-state index < -0.39 is 0 Å². The zero-order valence-corrected chi connectivity index (χ0v) is 21.2. The van der Waals surface area contributed by atoms with Crippen molar-refractivity contribution in [2.24, 2.45) is 7.05 Å². The largest absolute Gasteiger partial charge is 0.384 e. The first-order chi connectivity index (χ1) is 16.8. The SMILES string of the molecule is CN1CCC[C@H]1c1ccc(N)nc1.CN1CCC[C@H]1c1ccc(Nc2cc(Cl)nn(C)c2=O)nc1. The van der Waals surface area contributed by atoms with Crippen molar-refractivity contribution < 1.29 is 0 Å². The normalized spacial score (nSPS) is 20.5. The smallest absolute Gasteiger partial charge is 0.290 e. The van der Waals surface area contributed by atoms with Gasteiger partial charge in [-0.05, 0) is 76.1 Å². The highest BCUT2D eigenvalue weighted by Gasteiger charge is 2.23. The first-order valence-corrected chi connectivity index (χ1v) is 12.3. The molecule has 35 heavy (non-hydrogen) atoms. The summed E-state index contributed by atoms with van der Waals surface area (Å²) >= 11 is 5.88. The van der Waals surface area contributed by atoms with E-state index in [2.05, 4.69) is 56.4 Å². The van der Waals surface area contributed by atoms with Gasteiger partial charge >= 0.3 is 0 Å². The third kappa shape index (κ3) is 6.17. The van der Waals surface area contributed by atoms with Crippen LogP contribution in [-0.4, -0.2) is 56.7 Å². The molecule has 0 saturated carbocycles. The molecule has 0 bridgehead atoms. The van der Waals surface area contributed by atoms with Gasteiger partial charge in [-0.1, -0.05) is 23.7 Å². The number of anilines is 3. The lowest BCUT2D eigenvalue weighted by atomic mass is 10.1. The Kier molecular flexibility index (Phi) is 8.00. The molecule has 2 atom stereocenters. The summed E-state index contributed by atoms with van der Waals surface area (Å²) in [6.45, 7) is 2.31. The van der Waals surface area contributed by atoms with Crippen molar-refractivity contribution in [3.05, 3.63) is 69.4 Å². The van der Waals surface area contributed by atoms with E-state index in [0.29, 0.717) is 29.4 Å². The van der Waals surface area contributed by atoms with Gasteiger partial charge < -0.3 is 11.1 Å². The van der Waals surface area contributed by atoms with E-state index in [1.54, 1.807) is 7.05 Å². The Bertz CT molecular complexity index is 1180. The van der Waals surface area contributed by atoms with Crippen LogP contribution in [0, 0.1) is 0 Å². The minimum Gasteiger partial charge on any atom is -0.384 e. The zero-order valence-electron chi connectivity index (χ0n) is 20.5. The van der Waals surface area contributed by atoms with Crippen LogP contribution in [0.2, 0.25) is 5.15 Å². The molecule has 3 N–H and O–H groups in total. The minimum absolute atomic E-state index is 0.245. The minimum atomic E-state index is -0.245. The summed E-state index contributed by atoms with van der Waals surface area (Å²) in [6, 6.07) is 10.4. The molecule has 0 spiro atoms. The van der Waals surface area contributed by atoms with Gasteiger partial charge in [-0.2, -0.15) is 5.10 Å². The zero-order chi connectivity index (χ0) is 24.9. The number of likely N-dealkylation sites (tertiary alicyclic amines) is 2.